The Balaban J connectivity index is 1.88. The van der Waals surface area contributed by atoms with Gasteiger partial charge in [-0.2, -0.15) is 0 Å². The summed E-state index contributed by atoms with van der Waals surface area (Å²) in [6.07, 6.45) is 1.32. The van der Waals surface area contributed by atoms with Crippen LogP contribution >= 0.6 is 0 Å². The zero-order valence-corrected chi connectivity index (χ0v) is 11.8. The molecule has 2 aromatic rings. The van der Waals surface area contributed by atoms with Crippen molar-refractivity contribution in [3.8, 4) is 0 Å². The minimum absolute atomic E-state index is 0.115. The van der Waals surface area contributed by atoms with Crippen LogP contribution in [-0.4, -0.2) is 38.5 Å². The van der Waals surface area contributed by atoms with Gasteiger partial charge in [0.25, 0.3) is 5.91 Å². The average Bonchev–Trinajstić information content (AvgIpc) is 2.91. The lowest BCUT2D eigenvalue weighted by Gasteiger charge is -2.07. The molecule has 0 aliphatic heterocycles. The van der Waals surface area contributed by atoms with Gasteiger partial charge in [-0.1, -0.05) is 11.3 Å². The van der Waals surface area contributed by atoms with Crippen molar-refractivity contribution in [2.75, 3.05) is 6.54 Å². The summed E-state index contributed by atoms with van der Waals surface area (Å²) in [5.74, 6) is -1.29. The lowest BCUT2D eigenvalue weighted by atomic mass is 10.1. The van der Waals surface area contributed by atoms with Gasteiger partial charge in [0.2, 0.25) is 0 Å². The lowest BCUT2D eigenvalue weighted by molar-refractivity contribution is 0.0690. The molecule has 0 radical (unpaired) electrons. The summed E-state index contributed by atoms with van der Waals surface area (Å²) in [5, 5.41) is 18.6. The van der Waals surface area contributed by atoms with Crippen LogP contribution in [0.5, 0.6) is 0 Å². The third-order valence-electron chi connectivity index (χ3n) is 3.15. The second-order valence-electron chi connectivity index (χ2n) is 4.73. The van der Waals surface area contributed by atoms with E-state index in [1.807, 2.05) is 26.0 Å². The van der Waals surface area contributed by atoms with Crippen molar-refractivity contribution in [1.82, 2.24) is 20.3 Å². The number of carboxylic acid groups (broad SMARTS) is 1. The second kappa shape index (κ2) is 6.17. The molecule has 1 amide bonds. The zero-order chi connectivity index (χ0) is 15.4. The molecular weight excluding hydrogens is 272 g/mol. The van der Waals surface area contributed by atoms with Crippen LogP contribution < -0.4 is 5.32 Å². The third kappa shape index (κ3) is 3.65. The van der Waals surface area contributed by atoms with E-state index in [2.05, 4.69) is 15.6 Å². The molecular formula is C14H16N4O3. The molecule has 0 aliphatic rings. The number of nitrogens with one attached hydrogen (secondary N) is 1. The first-order chi connectivity index (χ1) is 9.97. The molecule has 1 aromatic carbocycles. The molecule has 0 saturated carbocycles. The van der Waals surface area contributed by atoms with E-state index in [4.69, 9.17) is 5.11 Å². The van der Waals surface area contributed by atoms with Gasteiger partial charge in [-0.15, -0.1) is 5.10 Å². The van der Waals surface area contributed by atoms with Crippen LogP contribution in [-0.2, 0) is 6.54 Å². The average molecular weight is 288 g/mol. The molecule has 7 nitrogen and oxygen atoms in total. The summed E-state index contributed by atoms with van der Waals surface area (Å²) in [4.78, 5) is 22.6. The molecule has 1 heterocycles. The number of amides is 1. The quantitative estimate of drug-likeness (QED) is 0.856. The Morgan fingerprint density at radius 3 is 2.67 bits per heavy atom. The van der Waals surface area contributed by atoms with E-state index < -0.39 is 5.97 Å². The van der Waals surface area contributed by atoms with Gasteiger partial charge in [0, 0.05) is 12.1 Å². The number of aromatic nitrogens is 3. The molecule has 110 valence electrons. The van der Waals surface area contributed by atoms with Gasteiger partial charge in [-0.3, -0.25) is 4.79 Å². The fraction of sp³-hybridized carbons (Fsp3) is 0.286. The van der Waals surface area contributed by atoms with E-state index in [-0.39, 0.29) is 11.6 Å². The minimum Gasteiger partial charge on any atom is -0.476 e. The molecule has 0 aliphatic carbocycles. The fourth-order valence-electron chi connectivity index (χ4n) is 1.77. The Hall–Kier alpha value is -2.70. The summed E-state index contributed by atoms with van der Waals surface area (Å²) in [5.41, 5.74) is 2.68. The van der Waals surface area contributed by atoms with Crippen molar-refractivity contribution in [3.05, 3.63) is 46.8 Å². The molecule has 0 fully saturated rings. The van der Waals surface area contributed by atoms with E-state index in [9.17, 15) is 9.59 Å². The van der Waals surface area contributed by atoms with Crippen molar-refractivity contribution >= 4 is 11.9 Å². The van der Waals surface area contributed by atoms with Gasteiger partial charge in [0.05, 0.1) is 12.7 Å². The predicted octanol–water partition coefficient (Wildman–Crippen LogP) is 1.02. The molecule has 0 atom stereocenters. The van der Waals surface area contributed by atoms with Gasteiger partial charge < -0.3 is 10.4 Å². The maximum absolute atomic E-state index is 12.0. The number of aromatic carboxylic acids is 1. The van der Waals surface area contributed by atoms with E-state index in [0.717, 1.165) is 11.1 Å². The Bertz CT molecular complexity index is 679. The van der Waals surface area contributed by atoms with Gasteiger partial charge in [0.1, 0.15) is 0 Å². The SMILES string of the molecule is Cc1ccc(C(=O)NCCn2cc(C(=O)O)nn2)cc1C. The highest BCUT2D eigenvalue weighted by Gasteiger charge is 2.09. The van der Waals surface area contributed by atoms with E-state index >= 15 is 0 Å². The number of carboxylic acids is 1. The predicted molar refractivity (Wildman–Crippen MR) is 75.2 cm³/mol. The van der Waals surface area contributed by atoms with Crippen LogP contribution in [0.1, 0.15) is 32.0 Å². The van der Waals surface area contributed by atoms with Crippen LogP contribution in [0, 0.1) is 13.8 Å². The van der Waals surface area contributed by atoms with Crippen LogP contribution in [0.2, 0.25) is 0 Å². The number of hydrogen-bond donors (Lipinski definition) is 2. The Morgan fingerprint density at radius 1 is 1.29 bits per heavy atom. The summed E-state index contributed by atoms with van der Waals surface area (Å²) < 4.78 is 1.38. The van der Waals surface area contributed by atoms with Crippen molar-refractivity contribution in [2.45, 2.75) is 20.4 Å². The van der Waals surface area contributed by atoms with Crippen LogP contribution in [0.15, 0.2) is 24.4 Å². The topological polar surface area (TPSA) is 97.1 Å². The van der Waals surface area contributed by atoms with Crippen LogP contribution in [0.4, 0.5) is 0 Å². The number of carbonyl (C=O) groups excluding carboxylic acids is 1. The molecule has 2 N–H and O–H groups in total. The van der Waals surface area contributed by atoms with Gasteiger partial charge in [-0.25, -0.2) is 9.48 Å². The summed E-state index contributed by atoms with van der Waals surface area (Å²) >= 11 is 0. The fourth-order valence-corrected chi connectivity index (χ4v) is 1.77. The molecule has 0 spiro atoms. The Morgan fingerprint density at radius 2 is 2.05 bits per heavy atom. The summed E-state index contributed by atoms with van der Waals surface area (Å²) in [7, 11) is 0. The first-order valence-corrected chi connectivity index (χ1v) is 6.46. The highest BCUT2D eigenvalue weighted by molar-refractivity contribution is 5.94. The lowest BCUT2D eigenvalue weighted by Crippen LogP contribution is -2.27. The monoisotopic (exact) mass is 288 g/mol. The van der Waals surface area contributed by atoms with Crippen LogP contribution in [0.25, 0.3) is 0 Å². The molecule has 7 heteroatoms. The molecule has 1 aromatic heterocycles. The molecule has 0 saturated heterocycles. The Labute approximate surface area is 121 Å². The number of benzene rings is 1. The molecule has 0 unspecified atom stereocenters. The van der Waals surface area contributed by atoms with Crippen molar-refractivity contribution in [2.24, 2.45) is 0 Å². The largest absolute Gasteiger partial charge is 0.476 e. The highest BCUT2D eigenvalue weighted by atomic mass is 16.4. The van der Waals surface area contributed by atoms with Crippen molar-refractivity contribution in [1.29, 1.82) is 0 Å². The zero-order valence-electron chi connectivity index (χ0n) is 11.8. The number of nitrogens with zero attached hydrogens (tertiary/aromatic N) is 3. The number of hydrogen-bond acceptors (Lipinski definition) is 4. The number of aryl methyl sites for hydroxylation is 2. The first-order valence-electron chi connectivity index (χ1n) is 6.46. The van der Waals surface area contributed by atoms with Gasteiger partial charge in [0.15, 0.2) is 5.69 Å². The smallest absolute Gasteiger partial charge is 0.358 e. The summed E-state index contributed by atoms with van der Waals surface area (Å²) in [6, 6.07) is 5.51. The highest BCUT2D eigenvalue weighted by Crippen LogP contribution is 2.09. The standard InChI is InChI=1S/C14H16N4O3/c1-9-3-4-11(7-10(9)2)13(19)15-5-6-18-8-12(14(20)21)16-17-18/h3-4,7-8H,5-6H2,1-2H3,(H,15,19)(H,20,21). The van der Waals surface area contributed by atoms with Gasteiger partial charge in [-0.05, 0) is 37.1 Å². The second-order valence-corrected chi connectivity index (χ2v) is 4.73. The molecule has 0 bridgehead atoms. The van der Waals surface area contributed by atoms with Crippen LogP contribution in [0.3, 0.4) is 0 Å². The van der Waals surface area contributed by atoms with E-state index in [0.29, 0.717) is 18.7 Å². The number of rotatable bonds is 5. The van der Waals surface area contributed by atoms with E-state index in [1.165, 1.54) is 10.9 Å². The van der Waals surface area contributed by atoms with Crippen molar-refractivity contribution in [3.63, 3.8) is 0 Å². The minimum atomic E-state index is -1.12. The maximum Gasteiger partial charge on any atom is 0.358 e. The third-order valence-corrected chi connectivity index (χ3v) is 3.15. The maximum atomic E-state index is 12.0. The van der Waals surface area contributed by atoms with Gasteiger partial charge >= 0.3 is 5.97 Å². The Kier molecular flexibility index (Phi) is 4.32. The summed E-state index contributed by atoms with van der Waals surface area (Å²) in [6.45, 7) is 4.64. The molecule has 21 heavy (non-hydrogen) atoms. The number of carbonyl (C=O) groups is 2. The first kappa shape index (κ1) is 14.7. The molecule has 2 rings (SSSR count). The van der Waals surface area contributed by atoms with Crippen molar-refractivity contribution < 1.29 is 14.7 Å². The normalized spacial score (nSPS) is 10.4. The van der Waals surface area contributed by atoms with E-state index in [1.54, 1.807) is 6.07 Å².